The summed E-state index contributed by atoms with van der Waals surface area (Å²) < 4.78 is 2.31. The molecule has 0 N–H and O–H groups in total. The number of rotatable bonds is 6. The second-order valence-electron chi connectivity index (χ2n) is 6.48. The first-order valence-electron chi connectivity index (χ1n) is 7.56. The largest absolute Gasteiger partial charge is 0.334 e. The first-order chi connectivity index (χ1) is 9.19. The van der Waals surface area contributed by atoms with Crippen molar-refractivity contribution < 1.29 is 0 Å². The first kappa shape index (κ1) is 13.1. The smallest absolute Gasteiger partial charge is 0.122 e. The average Bonchev–Trinajstić information content (AvgIpc) is 2.77. The van der Waals surface area contributed by atoms with Crippen molar-refractivity contribution in [2.24, 2.45) is 17.8 Å². The summed E-state index contributed by atoms with van der Waals surface area (Å²) in [5, 5.41) is 0. The molecule has 3 rings (SSSR count). The van der Waals surface area contributed by atoms with Gasteiger partial charge in [0.05, 0.1) is 6.54 Å². The van der Waals surface area contributed by atoms with Crippen molar-refractivity contribution in [3.8, 4) is 0 Å². The second kappa shape index (κ2) is 5.25. The van der Waals surface area contributed by atoms with Crippen LogP contribution in [0, 0.1) is 17.8 Å². The number of hydrogen-bond donors (Lipinski definition) is 0. The van der Waals surface area contributed by atoms with Gasteiger partial charge < -0.3 is 9.47 Å². The molecule has 0 amide bonds. The Balaban J connectivity index is 1.50. The monoisotopic (exact) mass is 262 g/mol. The van der Waals surface area contributed by atoms with E-state index in [9.17, 15) is 0 Å². The molecule has 2 heterocycles. The van der Waals surface area contributed by atoms with E-state index in [1.54, 1.807) is 0 Å². The molecule has 4 heteroatoms. The Kier molecular flexibility index (Phi) is 3.63. The van der Waals surface area contributed by atoms with E-state index in [-0.39, 0.29) is 0 Å². The van der Waals surface area contributed by atoms with Gasteiger partial charge in [-0.15, -0.1) is 0 Å². The van der Waals surface area contributed by atoms with Crippen molar-refractivity contribution in [1.82, 2.24) is 19.4 Å². The van der Waals surface area contributed by atoms with Crippen LogP contribution in [-0.2, 0) is 13.1 Å². The Labute approximate surface area is 116 Å². The van der Waals surface area contributed by atoms with E-state index in [2.05, 4.69) is 46.6 Å². The van der Waals surface area contributed by atoms with Crippen LogP contribution in [-0.4, -0.2) is 53.1 Å². The lowest BCUT2D eigenvalue weighted by Crippen LogP contribution is -2.28. The number of fused-ring (bicyclic) bond motifs is 1. The first-order valence-corrected chi connectivity index (χ1v) is 7.56. The summed E-state index contributed by atoms with van der Waals surface area (Å²) in [7, 11) is 4.38. The molecule has 0 bridgehead atoms. The summed E-state index contributed by atoms with van der Waals surface area (Å²) in [6, 6.07) is 0. The van der Waals surface area contributed by atoms with Gasteiger partial charge in [0.2, 0.25) is 0 Å². The molecular weight excluding hydrogens is 236 g/mol. The third-order valence-electron chi connectivity index (χ3n) is 4.65. The number of hydrogen-bond acceptors (Lipinski definition) is 3. The van der Waals surface area contributed by atoms with Crippen molar-refractivity contribution in [3.63, 3.8) is 0 Å². The van der Waals surface area contributed by atoms with Crippen molar-refractivity contribution in [2.75, 3.05) is 33.7 Å². The third-order valence-corrected chi connectivity index (χ3v) is 4.65. The SMILES string of the molecule is CCCn1ccnc1CN1C[C@@H]2C(CN(C)C)[C@@H]2C1. The second-order valence-corrected chi connectivity index (χ2v) is 6.48. The lowest BCUT2D eigenvalue weighted by Gasteiger charge is -2.20. The fraction of sp³-hybridized carbons (Fsp3) is 0.800. The number of aryl methyl sites for hydroxylation is 1. The molecular formula is C15H26N4. The molecule has 3 atom stereocenters. The van der Waals surface area contributed by atoms with Crippen LogP contribution in [0.1, 0.15) is 19.2 Å². The number of likely N-dealkylation sites (tertiary alicyclic amines) is 1. The molecule has 106 valence electrons. The van der Waals surface area contributed by atoms with E-state index in [1.165, 1.54) is 31.9 Å². The maximum absolute atomic E-state index is 4.52. The van der Waals surface area contributed by atoms with Crippen LogP contribution in [0.4, 0.5) is 0 Å². The molecule has 0 radical (unpaired) electrons. The van der Waals surface area contributed by atoms with Gasteiger partial charge in [0.15, 0.2) is 0 Å². The number of nitrogens with zero attached hydrogens (tertiary/aromatic N) is 4. The fourth-order valence-electron chi connectivity index (χ4n) is 3.69. The zero-order valence-electron chi connectivity index (χ0n) is 12.4. The Hall–Kier alpha value is -0.870. The highest BCUT2D eigenvalue weighted by Crippen LogP contribution is 2.51. The minimum atomic E-state index is 0.956. The van der Waals surface area contributed by atoms with Gasteiger partial charge in [-0.2, -0.15) is 0 Å². The van der Waals surface area contributed by atoms with E-state index < -0.39 is 0 Å². The molecule has 1 aliphatic carbocycles. The van der Waals surface area contributed by atoms with E-state index in [4.69, 9.17) is 0 Å². The molecule has 0 spiro atoms. The van der Waals surface area contributed by atoms with Gasteiger partial charge in [0.25, 0.3) is 0 Å². The van der Waals surface area contributed by atoms with Crippen molar-refractivity contribution in [1.29, 1.82) is 0 Å². The maximum Gasteiger partial charge on any atom is 0.122 e. The quantitative estimate of drug-likeness (QED) is 0.777. The topological polar surface area (TPSA) is 24.3 Å². The standard InChI is InChI=1S/C15H26N4/c1-4-6-19-7-5-16-15(19)11-18-9-13-12(8-17(2)3)14(13)10-18/h5,7,12-14H,4,6,8-11H2,1-3H3/t12?,13-,14+. The molecule has 1 aromatic rings. The van der Waals surface area contributed by atoms with Gasteiger partial charge in [0.1, 0.15) is 5.82 Å². The Morgan fingerprint density at radius 2 is 2.05 bits per heavy atom. The summed E-state index contributed by atoms with van der Waals surface area (Å²) in [4.78, 5) is 9.45. The van der Waals surface area contributed by atoms with Crippen molar-refractivity contribution >= 4 is 0 Å². The molecule has 1 saturated heterocycles. The average molecular weight is 262 g/mol. The molecule has 19 heavy (non-hydrogen) atoms. The van der Waals surface area contributed by atoms with Crippen LogP contribution in [0.15, 0.2) is 12.4 Å². The van der Waals surface area contributed by atoms with Crippen molar-refractivity contribution in [2.45, 2.75) is 26.4 Å². The fourth-order valence-corrected chi connectivity index (χ4v) is 3.69. The Morgan fingerprint density at radius 3 is 2.68 bits per heavy atom. The molecule has 4 nitrogen and oxygen atoms in total. The van der Waals surface area contributed by atoms with E-state index in [0.717, 1.165) is 30.8 Å². The van der Waals surface area contributed by atoms with Gasteiger partial charge in [-0.25, -0.2) is 4.98 Å². The lowest BCUT2D eigenvalue weighted by molar-refractivity contribution is 0.250. The van der Waals surface area contributed by atoms with Crippen LogP contribution in [0.5, 0.6) is 0 Å². The third kappa shape index (κ3) is 2.70. The summed E-state index contributed by atoms with van der Waals surface area (Å²) in [6.45, 7) is 8.19. The molecule has 2 fully saturated rings. The van der Waals surface area contributed by atoms with E-state index >= 15 is 0 Å². The maximum atomic E-state index is 4.52. The van der Waals surface area contributed by atoms with Gasteiger partial charge in [0, 0.05) is 38.6 Å². The van der Waals surface area contributed by atoms with E-state index in [0.29, 0.717) is 0 Å². The number of aromatic nitrogens is 2. The molecule has 1 unspecified atom stereocenters. The predicted octanol–water partition coefficient (Wildman–Crippen LogP) is 1.53. The molecule has 2 aliphatic rings. The van der Waals surface area contributed by atoms with Gasteiger partial charge in [-0.05, 0) is 38.3 Å². The molecule has 1 aliphatic heterocycles. The van der Waals surface area contributed by atoms with Gasteiger partial charge in [-0.1, -0.05) is 6.92 Å². The summed E-state index contributed by atoms with van der Waals surface area (Å²) >= 11 is 0. The van der Waals surface area contributed by atoms with Crippen LogP contribution in [0.2, 0.25) is 0 Å². The predicted molar refractivity (Wildman–Crippen MR) is 76.8 cm³/mol. The zero-order valence-corrected chi connectivity index (χ0v) is 12.4. The zero-order chi connectivity index (χ0) is 13.4. The number of imidazole rings is 1. The highest BCUT2D eigenvalue weighted by molar-refractivity contribution is 5.07. The Morgan fingerprint density at radius 1 is 1.32 bits per heavy atom. The van der Waals surface area contributed by atoms with Crippen LogP contribution in [0.25, 0.3) is 0 Å². The van der Waals surface area contributed by atoms with E-state index in [1.807, 2.05) is 6.20 Å². The summed E-state index contributed by atoms with van der Waals surface area (Å²) in [5.41, 5.74) is 0. The number of piperidine rings is 1. The molecule has 1 saturated carbocycles. The minimum Gasteiger partial charge on any atom is -0.334 e. The minimum absolute atomic E-state index is 0.956. The lowest BCUT2D eigenvalue weighted by atomic mass is 10.2. The normalized spacial score (nSPS) is 30.0. The van der Waals surface area contributed by atoms with Gasteiger partial charge in [-0.3, -0.25) is 4.90 Å². The highest BCUT2D eigenvalue weighted by Gasteiger charge is 2.55. The van der Waals surface area contributed by atoms with Crippen LogP contribution in [0.3, 0.4) is 0 Å². The highest BCUT2D eigenvalue weighted by atomic mass is 15.2. The molecule has 0 aromatic carbocycles. The van der Waals surface area contributed by atoms with Crippen LogP contribution < -0.4 is 0 Å². The molecule has 1 aromatic heterocycles. The van der Waals surface area contributed by atoms with Crippen LogP contribution >= 0.6 is 0 Å². The van der Waals surface area contributed by atoms with Crippen molar-refractivity contribution in [3.05, 3.63) is 18.2 Å². The summed E-state index contributed by atoms with van der Waals surface area (Å²) in [6.07, 6.45) is 5.24. The van der Waals surface area contributed by atoms with Gasteiger partial charge >= 0.3 is 0 Å². The summed E-state index contributed by atoms with van der Waals surface area (Å²) in [5.74, 6) is 4.11. The Bertz CT molecular complexity index is 414.